The van der Waals surface area contributed by atoms with Crippen molar-refractivity contribution in [1.82, 2.24) is 24.9 Å². The Bertz CT molecular complexity index is 2920. The number of nitrogens with one attached hydrogen (secondary N) is 1. The number of ketones is 4. The van der Waals surface area contributed by atoms with Gasteiger partial charge in [0, 0.05) is 67.5 Å². The summed E-state index contributed by atoms with van der Waals surface area (Å²) in [7, 11) is 6.10. The van der Waals surface area contributed by atoms with Gasteiger partial charge in [0.2, 0.25) is 11.6 Å². The number of amides is 2. The number of rotatable bonds is 8. The Morgan fingerprint density at radius 2 is 1.04 bits per heavy atom. The van der Waals surface area contributed by atoms with Crippen LogP contribution in [0.15, 0.2) is 70.2 Å². The highest BCUT2D eigenvalue weighted by atomic mass is 127. The van der Waals surface area contributed by atoms with Crippen LogP contribution in [0.2, 0.25) is 0 Å². The number of phenolic OH excluding ortho intramolecular Hbond substituents is 2. The number of nitrogens with two attached hydrogens (primary N) is 1. The van der Waals surface area contributed by atoms with Gasteiger partial charge < -0.3 is 67.2 Å². The molecule has 2 saturated carbocycles. The normalized spacial score (nSPS) is 32.3. The van der Waals surface area contributed by atoms with Gasteiger partial charge in [-0.15, -0.1) is 0 Å². The lowest BCUT2D eigenvalue weighted by molar-refractivity contribution is -0.160. The first-order valence-electron chi connectivity index (χ1n) is 24.3. The van der Waals surface area contributed by atoms with Crippen LogP contribution >= 0.6 is 22.6 Å². The number of hydrogen-bond donors (Lipinski definition) is 13. The van der Waals surface area contributed by atoms with Crippen LogP contribution in [0.25, 0.3) is 11.5 Å². The van der Waals surface area contributed by atoms with Crippen molar-refractivity contribution in [3.63, 3.8) is 0 Å². The van der Waals surface area contributed by atoms with Gasteiger partial charge in [0.15, 0.2) is 22.8 Å². The largest absolute Gasteiger partial charge is 0.508 e. The van der Waals surface area contributed by atoms with Crippen LogP contribution in [0.5, 0.6) is 11.5 Å². The maximum atomic E-state index is 14.1. The molecule has 1 aliphatic heterocycles. The van der Waals surface area contributed by atoms with Gasteiger partial charge >= 0.3 is 0 Å². The number of likely N-dealkylation sites (N-methyl/N-ethyl adjacent to an activating group) is 2. The zero-order chi connectivity index (χ0) is 56.6. The number of fused-ring (bicyclic) bond motifs is 6. The number of alkyl halides is 1. The summed E-state index contributed by atoms with van der Waals surface area (Å²) in [5, 5.41) is 123. The van der Waals surface area contributed by atoms with E-state index in [1.54, 1.807) is 14.1 Å². The zero-order valence-corrected chi connectivity index (χ0v) is 45.1. The monoisotopic (exact) mass is 1170 g/mol. The van der Waals surface area contributed by atoms with Crippen LogP contribution in [0.4, 0.5) is 0 Å². The molecule has 3 fully saturated rings. The molecule has 24 heteroatoms. The molecule has 6 aliphatic carbocycles. The van der Waals surface area contributed by atoms with Crippen LogP contribution in [0.1, 0.15) is 48.9 Å². The Balaban J connectivity index is 0.000000222. The van der Waals surface area contributed by atoms with Crippen LogP contribution in [0.3, 0.4) is 0 Å². The maximum absolute atomic E-state index is 14.1. The SMILES string of the molecule is CI.CN(C)[C@@H]1C(=O)C(C(=O)NCN2CCN(CCO)CC2)=C(O)[C@@]2(O)C(=O)C3=C(O)c4c(O)cccc4[C@@](C)(O)C3C[C@@H]12.CN(C)[C@@H]1C(=O)C(C(N)=O)=C(O)[C@@]2(O)C(=O)C3=C(O)c4c(O)cccc4[C@@](C)(O)[C@H]3C[C@@H]12. The van der Waals surface area contributed by atoms with E-state index in [9.17, 15) is 79.8 Å². The smallest absolute Gasteiger partial charge is 0.259 e. The third-order valence-corrected chi connectivity index (χ3v) is 16.4. The zero-order valence-electron chi connectivity index (χ0n) is 42.9. The van der Waals surface area contributed by atoms with E-state index in [0.717, 1.165) is 0 Å². The van der Waals surface area contributed by atoms with Crippen molar-refractivity contribution in [3.8, 4) is 11.5 Å². The fourth-order valence-electron chi connectivity index (χ4n) is 12.6. The molecule has 0 radical (unpaired) electrons. The molecule has 7 aliphatic rings. The minimum atomic E-state index is -2.76. The molecular weight excluding hydrogens is 1110 g/mol. The molecule has 2 amide bonds. The Morgan fingerprint density at radius 1 is 0.658 bits per heavy atom. The van der Waals surface area contributed by atoms with Gasteiger partial charge in [-0.1, -0.05) is 46.9 Å². The average Bonchev–Trinajstić information content (AvgIpc) is 3.35. The lowest BCUT2D eigenvalue weighted by Gasteiger charge is -2.53. The fraction of sp³-hybridized carbons (Fsp3) is 0.500. The number of phenols is 2. The predicted molar refractivity (Wildman–Crippen MR) is 279 cm³/mol. The topological polar surface area (TPSA) is 376 Å². The minimum Gasteiger partial charge on any atom is -0.508 e. The number of Topliss-reactive ketones (excluding diaryl/α,β-unsaturated/α-hetero) is 4. The number of aliphatic hydroxyl groups excluding tert-OH is 5. The molecule has 2 aromatic rings. The van der Waals surface area contributed by atoms with Crippen molar-refractivity contribution in [2.75, 3.05) is 79.1 Å². The summed E-state index contributed by atoms with van der Waals surface area (Å²) < 4.78 is 0. The highest BCUT2D eigenvalue weighted by Gasteiger charge is 2.68. The van der Waals surface area contributed by atoms with Crippen LogP contribution < -0.4 is 11.1 Å². The highest BCUT2D eigenvalue weighted by Crippen LogP contribution is 2.59. The van der Waals surface area contributed by atoms with Gasteiger partial charge in [0.25, 0.3) is 11.8 Å². The van der Waals surface area contributed by atoms with Crippen LogP contribution in [0, 0.1) is 23.7 Å². The molecule has 1 saturated heterocycles. The predicted octanol–water partition coefficient (Wildman–Crippen LogP) is -0.492. The summed E-state index contributed by atoms with van der Waals surface area (Å²) in [6.45, 7) is 5.98. The van der Waals surface area contributed by atoms with E-state index >= 15 is 0 Å². The van der Waals surface area contributed by atoms with Gasteiger partial charge in [-0.2, -0.15) is 0 Å². The van der Waals surface area contributed by atoms with Crippen molar-refractivity contribution in [3.05, 3.63) is 92.5 Å². The van der Waals surface area contributed by atoms with E-state index in [-0.39, 0.29) is 54.1 Å². The number of aliphatic hydroxyl groups is 9. The van der Waals surface area contributed by atoms with E-state index in [4.69, 9.17) is 10.8 Å². The number of carbonyl (C=O) groups excluding carboxylic acids is 6. The number of aromatic hydroxyl groups is 2. The lowest BCUT2D eigenvalue weighted by atomic mass is 9.54. The number of carbonyl (C=O) groups is 6. The summed E-state index contributed by atoms with van der Waals surface area (Å²) in [6, 6.07) is 6.08. The Hall–Kier alpha value is -5.81. The molecule has 9 rings (SSSR count). The third-order valence-electron chi connectivity index (χ3n) is 16.4. The Kier molecular flexibility index (Phi) is 15.9. The molecule has 10 atom stereocenters. The maximum Gasteiger partial charge on any atom is 0.259 e. The first-order valence-corrected chi connectivity index (χ1v) is 26.5. The van der Waals surface area contributed by atoms with Crippen molar-refractivity contribution < 1.29 is 84.9 Å². The van der Waals surface area contributed by atoms with Crippen molar-refractivity contribution in [2.45, 2.75) is 61.2 Å². The molecule has 1 heterocycles. The number of benzene rings is 2. The highest BCUT2D eigenvalue weighted by molar-refractivity contribution is 14.1. The summed E-state index contributed by atoms with van der Waals surface area (Å²) in [4.78, 5) is 88.7. The number of piperazine rings is 1. The summed E-state index contributed by atoms with van der Waals surface area (Å²) >= 11 is 2.15. The molecular formula is C52H65IN6O17. The Labute approximate surface area is 450 Å². The lowest BCUT2D eigenvalue weighted by Crippen LogP contribution is -2.67. The van der Waals surface area contributed by atoms with Crippen molar-refractivity contribution >= 4 is 69.1 Å². The third kappa shape index (κ3) is 8.69. The second-order valence-corrected chi connectivity index (χ2v) is 20.9. The number of β-amino-alcohol motifs (C(OH)–C–C–N with tert-alkyl or cyclic N) is 1. The molecule has 0 bridgehead atoms. The number of halogens is 1. The molecule has 0 spiro atoms. The van der Waals surface area contributed by atoms with Crippen LogP contribution in [-0.4, -0.2) is 213 Å². The summed E-state index contributed by atoms with van der Waals surface area (Å²) in [5.41, 5.74) is -6.23. The van der Waals surface area contributed by atoms with E-state index in [1.807, 2.05) is 9.83 Å². The number of primary amides is 1. The first-order chi connectivity index (χ1) is 35.5. The van der Waals surface area contributed by atoms with Gasteiger partial charge in [-0.3, -0.25) is 48.4 Å². The Morgan fingerprint density at radius 3 is 1.42 bits per heavy atom. The number of hydrogen-bond acceptors (Lipinski definition) is 21. The molecule has 0 aromatic heterocycles. The molecule has 412 valence electrons. The fourth-order valence-corrected chi connectivity index (χ4v) is 12.6. The van der Waals surface area contributed by atoms with Gasteiger partial charge in [0.05, 0.1) is 47.7 Å². The molecule has 2 aromatic carbocycles. The molecule has 14 N–H and O–H groups in total. The second kappa shape index (κ2) is 20.9. The standard InChI is InChI=1S/C29H38N4O9.C22H24N2O8.CH3I/c1-28(41)15-5-4-6-18(35)19(15)23(36)20-16(28)13-17-22(31(2)3)24(37)21(26(39)29(17,42)25(20)38)27(40)30-14-33-9-7-32(8-10-33)11-12-34;1-21(31)8-5-4-6-11(25)12(8)16(26)13-9(21)7-10-15(24(2)3)17(27)14(20(23)30)19(29)22(10,32)18(13)28;1-2/h4-6,16-17,22,34-36,39,41-42H,7-14H2,1-3H3,(H,30,40);4-6,9-10,15,25-26,29,31-32H,7H2,1-3H3,(H2,23,30);1H3/t16?,17-,22-,28+,29-;9-,10-,15-,21+,22-;/m00./s1. The van der Waals surface area contributed by atoms with E-state index in [2.05, 4.69) is 32.8 Å². The summed E-state index contributed by atoms with van der Waals surface area (Å²) in [6.07, 6.45) is -0.399. The number of nitrogens with zero attached hydrogens (tertiary/aromatic N) is 4. The second-order valence-electron chi connectivity index (χ2n) is 20.9. The quantitative estimate of drug-likeness (QED) is 0.0901. The van der Waals surface area contributed by atoms with Crippen molar-refractivity contribution in [1.29, 1.82) is 0 Å². The molecule has 1 unspecified atom stereocenters. The average molecular weight is 1170 g/mol. The van der Waals surface area contributed by atoms with Crippen LogP contribution in [-0.2, 0) is 40.0 Å². The van der Waals surface area contributed by atoms with Gasteiger partial charge in [0.1, 0.15) is 45.7 Å². The van der Waals surface area contributed by atoms with Crippen molar-refractivity contribution in [2.24, 2.45) is 29.4 Å². The van der Waals surface area contributed by atoms with E-state index in [0.29, 0.717) is 32.7 Å². The van der Waals surface area contributed by atoms with E-state index in [1.165, 1.54) is 74.1 Å². The summed E-state index contributed by atoms with van der Waals surface area (Å²) in [5.74, 6) is -15.3. The molecule has 76 heavy (non-hydrogen) atoms. The molecule has 23 nitrogen and oxygen atoms in total. The van der Waals surface area contributed by atoms with Gasteiger partial charge in [-0.05, 0) is 83.1 Å². The first kappa shape index (κ1) is 57.9. The van der Waals surface area contributed by atoms with Gasteiger partial charge in [-0.25, -0.2) is 0 Å². The minimum absolute atomic E-state index is 0.0442. The van der Waals surface area contributed by atoms with E-state index < -0.39 is 144 Å².